The monoisotopic (exact) mass is 471 g/mol. The molecule has 0 fully saturated rings. The van der Waals surface area contributed by atoms with Crippen LogP contribution in [0, 0.1) is 0 Å². The number of aryl methyl sites for hydroxylation is 2. The summed E-state index contributed by atoms with van der Waals surface area (Å²) in [7, 11) is 0. The third kappa shape index (κ3) is 6.11. The van der Waals surface area contributed by atoms with E-state index in [-0.39, 0.29) is 11.7 Å². The minimum absolute atomic E-state index is 0.143. The van der Waals surface area contributed by atoms with Gasteiger partial charge in [0, 0.05) is 12.1 Å². The number of hydrogen-bond acceptors (Lipinski definition) is 7. The van der Waals surface area contributed by atoms with Crippen LogP contribution in [0.5, 0.6) is 0 Å². The summed E-state index contributed by atoms with van der Waals surface area (Å²) in [4.78, 5) is 12.7. The van der Waals surface area contributed by atoms with Crippen LogP contribution in [0.2, 0.25) is 0 Å². The molecule has 0 radical (unpaired) electrons. The Bertz CT molecular complexity index is 1230. The second kappa shape index (κ2) is 11.8. The van der Waals surface area contributed by atoms with E-state index in [9.17, 15) is 4.79 Å². The number of carbonyl (C=O) groups is 1. The van der Waals surface area contributed by atoms with Crippen LogP contribution >= 0.6 is 11.8 Å². The number of hydrazone groups is 1. The van der Waals surface area contributed by atoms with Gasteiger partial charge in [-0.2, -0.15) is 5.10 Å². The molecule has 1 heterocycles. The van der Waals surface area contributed by atoms with Gasteiger partial charge in [-0.05, 0) is 54.9 Å². The van der Waals surface area contributed by atoms with Crippen molar-refractivity contribution >= 4 is 28.5 Å². The fraction of sp³-hybridized carbons (Fsp3) is 0.154. The van der Waals surface area contributed by atoms with E-state index < -0.39 is 5.97 Å². The van der Waals surface area contributed by atoms with E-state index in [1.165, 1.54) is 5.56 Å². The van der Waals surface area contributed by atoms with Crippen molar-refractivity contribution in [1.29, 1.82) is 0 Å². The summed E-state index contributed by atoms with van der Waals surface area (Å²) in [5.74, 6) is 0.279. The molecule has 7 nitrogen and oxygen atoms in total. The van der Waals surface area contributed by atoms with E-state index in [2.05, 4.69) is 32.9 Å². The second-order valence-corrected chi connectivity index (χ2v) is 8.23. The van der Waals surface area contributed by atoms with E-state index in [1.54, 1.807) is 6.92 Å². The molecule has 34 heavy (non-hydrogen) atoms. The Morgan fingerprint density at radius 2 is 1.56 bits per heavy atom. The Balaban J connectivity index is 1.64. The molecule has 1 aromatic heterocycles. The summed E-state index contributed by atoms with van der Waals surface area (Å²) < 4.78 is 7.20. The lowest BCUT2D eigenvalue weighted by atomic mass is 10.1. The average Bonchev–Trinajstić information content (AvgIpc) is 3.29. The van der Waals surface area contributed by atoms with Gasteiger partial charge >= 0.3 is 5.97 Å². The van der Waals surface area contributed by atoms with Crippen molar-refractivity contribution < 1.29 is 9.53 Å². The zero-order chi connectivity index (χ0) is 23.6. The minimum Gasteiger partial charge on any atom is -0.461 e. The van der Waals surface area contributed by atoms with Gasteiger partial charge in [0.15, 0.2) is 0 Å². The maximum absolute atomic E-state index is 12.7. The van der Waals surface area contributed by atoms with Crippen LogP contribution in [-0.4, -0.2) is 32.4 Å². The van der Waals surface area contributed by atoms with E-state index in [0.717, 1.165) is 35.4 Å². The van der Waals surface area contributed by atoms with Crippen LogP contribution in [0.3, 0.4) is 0 Å². The SMILES string of the molecule is CCOC(=O)/C(=N\Nc1ccccc1)Sc1nnc(CCc2ccccc2)n1-c1ccccc1. The van der Waals surface area contributed by atoms with Crippen LogP contribution < -0.4 is 5.43 Å². The summed E-state index contributed by atoms with van der Waals surface area (Å²) in [5.41, 5.74) is 5.82. The largest absolute Gasteiger partial charge is 0.461 e. The molecule has 0 unspecified atom stereocenters. The molecule has 0 spiro atoms. The maximum atomic E-state index is 12.7. The lowest BCUT2D eigenvalue weighted by Gasteiger charge is -2.11. The van der Waals surface area contributed by atoms with Crippen LogP contribution in [-0.2, 0) is 22.4 Å². The van der Waals surface area contributed by atoms with Crippen LogP contribution in [0.25, 0.3) is 5.69 Å². The lowest BCUT2D eigenvalue weighted by Crippen LogP contribution is -2.17. The van der Waals surface area contributed by atoms with Crippen molar-refractivity contribution in [3.05, 3.63) is 102 Å². The molecular weight excluding hydrogens is 446 g/mol. The van der Waals surface area contributed by atoms with E-state index in [4.69, 9.17) is 4.74 Å². The molecule has 4 rings (SSSR count). The van der Waals surface area contributed by atoms with Gasteiger partial charge in [0.25, 0.3) is 0 Å². The van der Waals surface area contributed by atoms with E-state index in [1.807, 2.05) is 83.4 Å². The Hall–Kier alpha value is -3.91. The molecule has 0 saturated carbocycles. The fourth-order valence-electron chi connectivity index (χ4n) is 3.28. The van der Waals surface area contributed by atoms with Crippen molar-refractivity contribution in [1.82, 2.24) is 14.8 Å². The number of para-hydroxylation sites is 2. The zero-order valence-electron chi connectivity index (χ0n) is 18.8. The maximum Gasteiger partial charge on any atom is 0.365 e. The van der Waals surface area contributed by atoms with Crippen LogP contribution in [0.4, 0.5) is 5.69 Å². The van der Waals surface area contributed by atoms with Crippen LogP contribution in [0.15, 0.2) is 101 Å². The van der Waals surface area contributed by atoms with Crippen molar-refractivity contribution in [3.8, 4) is 5.69 Å². The first-order valence-electron chi connectivity index (χ1n) is 11.0. The van der Waals surface area contributed by atoms with E-state index >= 15 is 0 Å². The number of ether oxygens (including phenoxy) is 1. The molecule has 0 saturated heterocycles. The second-order valence-electron chi connectivity index (χ2n) is 7.27. The Morgan fingerprint density at radius 1 is 0.912 bits per heavy atom. The number of nitrogens with zero attached hydrogens (tertiary/aromatic N) is 4. The summed E-state index contributed by atoms with van der Waals surface area (Å²) in [6.45, 7) is 2.01. The number of benzene rings is 3. The first-order chi connectivity index (χ1) is 16.7. The highest BCUT2D eigenvalue weighted by atomic mass is 32.2. The normalized spacial score (nSPS) is 11.3. The lowest BCUT2D eigenvalue weighted by molar-refractivity contribution is -0.134. The molecule has 0 aliphatic carbocycles. The van der Waals surface area contributed by atoms with Gasteiger partial charge < -0.3 is 4.74 Å². The number of hydrogen-bond donors (Lipinski definition) is 1. The predicted molar refractivity (Wildman–Crippen MR) is 135 cm³/mol. The minimum atomic E-state index is -0.524. The molecule has 172 valence electrons. The molecule has 8 heteroatoms. The highest BCUT2D eigenvalue weighted by Crippen LogP contribution is 2.25. The van der Waals surface area contributed by atoms with Gasteiger partial charge in [-0.15, -0.1) is 10.2 Å². The fourth-order valence-corrected chi connectivity index (χ4v) is 4.07. The molecule has 0 aliphatic heterocycles. The molecule has 0 atom stereocenters. The van der Waals surface area contributed by atoms with Gasteiger partial charge in [0.05, 0.1) is 12.3 Å². The molecular formula is C26H25N5O2S. The topological polar surface area (TPSA) is 81.4 Å². The van der Waals surface area contributed by atoms with Crippen molar-refractivity contribution in [2.75, 3.05) is 12.0 Å². The number of rotatable bonds is 8. The third-order valence-electron chi connectivity index (χ3n) is 4.89. The number of carbonyl (C=O) groups excluding carboxylic acids is 1. The molecule has 4 aromatic rings. The number of nitrogens with one attached hydrogen (secondary N) is 1. The molecule has 1 N–H and O–H groups in total. The zero-order valence-corrected chi connectivity index (χ0v) is 19.6. The average molecular weight is 472 g/mol. The summed E-state index contributed by atoms with van der Waals surface area (Å²) in [6, 6.07) is 29.5. The molecule has 0 bridgehead atoms. The highest BCUT2D eigenvalue weighted by molar-refractivity contribution is 8.15. The highest BCUT2D eigenvalue weighted by Gasteiger charge is 2.22. The summed E-state index contributed by atoms with van der Waals surface area (Å²) in [6.07, 6.45) is 1.52. The predicted octanol–water partition coefficient (Wildman–Crippen LogP) is 5.13. The van der Waals surface area contributed by atoms with Gasteiger partial charge in [-0.1, -0.05) is 66.7 Å². The Morgan fingerprint density at radius 3 is 2.24 bits per heavy atom. The Kier molecular flexibility index (Phi) is 8.08. The first kappa shape index (κ1) is 23.3. The Labute approximate surface area is 202 Å². The van der Waals surface area contributed by atoms with Gasteiger partial charge in [-0.25, -0.2) is 4.79 Å². The van der Waals surface area contributed by atoms with Crippen LogP contribution in [0.1, 0.15) is 18.3 Å². The van der Waals surface area contributed by atoms with Crippen molar-refractivity contribution in [3.63, 3.8) is 0 Å². The standard InChI is InChI=1S/C26H25N5O2S/c1-2-33-25(32)24(29-27-21-14-8-4-9-15-21)34-26-30-28-23(19-18-20-12-6-3-7-13-20)31(26)22-16-10-5-11-17-22/h3-17,27H,2,18-19H2,1H3/b29-24+. The smallest absolute Gasteiger partial charge is 0.365 e. The number of anilines is 1. The van der Waals surface area contributed by atoms with E-state index in [0.29, 0.717) is 11.6 Å². The first-order valence-corrected chi connectivity index (χ1v) is 11.8. The number of esters is 1. The molecule has 0 aliphatic rings. The number of aromatic nitrogens is 3. The quantitative estimate of drug-likeness (QED) is 0.126. The van der Waals surface area contributed by atoms with Gasteiger partial charge in [0.2, 0.25) is 10.2 Å². The third-order valence-corrected chi connectivity index (χ3v) is 5.79. The summed E-state index contributed by atoms with van der Waals surface area (Å²) in [5, 5.41) is 13.9. The van der Waals surface area contributed by atoms with Gasteiger partial charge in [0.1, 0.15) is 5.82 Å². The van der Waals surface area contributed by atoms with Crippen molar-refractivity contribution in [2.45, 2.75) is 24.9 Å². The summed E-state index contributed by atoms with van der Waals surface area (Å²) >= 11 is 1.12. The molecule has 0 amide bonds. The molecule has 3 aromatic carbocycles. The number of thioether (sulfide) groups is 1. The van der Waals surface area contributed by atoms with Crippen molar-refractivity contribution in [2.24, 2.45) is 5.10 Å². The van der Waals surface area contributed by atoms with Gasteiger partial charge in [-0.3, -0.25) is 9.99 Å².